The highest BCUT2D eigenvalue weighted by Gasteiger charge is 2.27. The third kappa shape index (κ3) is 5.35. The Morgan fingerprint density at radius 1 is 1.22 bits per heavy atom. The van der Waals surface area contributed by atoms with Gasteiger partial charge in [0, 0.05) is 33.6 Å². The Hall–Kier alpha value is -0.880. The molecule has 0 aliphatic carbocycles. The second-order valence-electron chi connectivity index (χ2n) is 7.46. The van der Waals surface area contributed by atoms with Crippen LogP contribution in [0.1, 0.15) is 36.8 Å². The Morgan fingerprint density at radius 3 is 2.56 bits per heavy atom. The average molecular weight is 444 g/mol. The molecule has 27 heavy (non-hydrogen) atoms. The van der Waals surface area contributed by atoms with Crippen LogP contribution in [0, 0.1) is 0 Å². The van der Waals surface area contributed by atoms with Crippen LogP contribution in [-0.2, 0) is 23.3 Å². The van der Waals surface area contributed by atoms with Crippen molar-refractivity contribution in [3.05, 3.63) is 49.6 Å². The zero-order chi connectivity index (χ0) is 19.6. The van der Waals surface area contributed by atoms with E-state index >= 15 is 0 Å². The molecule has 0 spiro atoms. The van der Waals surface area contributed by atoms with Crippen LogP contribution in [0.25, 0.3) is 0 Å². The number of ether oxygens (including phenoxy) is 1. The number of benzene rings is 1. The fraction of sp³-hybridized carbons (Fsp3) is 0.450. The minimum atomic E-state index is -0.501. The molecule has 7 heteroatoms. The van der Waals surface area contributed by atoms with Crippen molar-refractivity contribution in [3.8, 4) is 0 Å². The van der Waals surface area contributed by atoms with Gasteiger partial charge < -0.3 is 9.64 Å². The first-order chi connectivity index (χ1) is 12.7. The van der Waals surface area contributed by atoms with E-state index in [2.05, 4.69) is 17.5 Å². The van der Waals surface area contributed by atoms with Crippen LogP contribution in [0.2, 0.25) is 10.0 Å². The number of nitrogens with zero attached hydrogens (tertiary/aromatic N) is 1. The molecule has 3 rings (SSSR count). The molecule has 1 amide bonds. The number of carbonyl (C=O) groups is 1. The quantitative estimate of drug-likeness (QED) is 0.495. The van der Waals surface area contributed by atoms with Crippen molar-refractivity contribution in [2.45, 2.75) is 49.9 Å². The van der Waals surface area contributed by atoms with Crippen LogP contribution in [0.15, 0.2) is 28.5 Å². The van der Waals surface area contributed by atoms with Crippen LogP contribution >= 0.6 is 46.3 Å². The number of hydrogen-bond donors (Lipinski definition) is 0. The number of fused-ring (bicyclic) bond motifs is 1. The molecule has 0 radical (unpaired) electrons. The number of amides is 1. The zero-order valence-corrected chi connectivity index (χ0v) is 18.8. The van der Waals surface area contributed by atoms with E-state index in [4.69, 9.17) is 27.9 Å². The lowest BCUT2D eigenvalue weighted by atomic mass is 10.0. The molecule has 0 saturated heterocycles. The van der Waals surface area contributed by atoms with Gasteiger partial charge in [-0.2, -0.15) is 0 Å². The Balaban J connectivity index is 1.81. The largest absolute Gasteiger partial charge is 0.444 e. The van der Waals surface area contributed by atoms with E-state index in [1.807, 2.05) is 26.8 Å². The topological polar surface area (TPSA) is 29.5 Å². The molecule has 0 bridgehead atoms. The molecular weight excluding hydrogens is 421 g/mol. The minimum Gasteiger partial charge on any atom is -0.444 e. The smallest absolute Gasteiger partial charge is 0.410 e. The van der Waals surface area contributed by atoms with E-state index in [0.717, 1.165) is 22.6 Å². The van der Waals surface area contributed by atoms with Gasteiger partial charge in [0.25, 0.3) is 0 Å². The summed E-state index contributed by atoms with van der Waals surface area (Å²) in [7, 11) is 0. The first kappa shape index (κ1) is 20.8. The van der Waals surface area contributed by atoms with Crippen LogP contribution in [-0.4, -0.2) is 29.7 Å². The van der Waals surface area contributed by atoms with Crippen molar-refractivity contribution in [2.24, 2.45) is 0 Å². The molecule has 0 fully saturated rings. The summed E-state index contributed by atoms with van der Waals surface area (Å²) in [5.41, 5.74) is 1.76. The Morgan fingerprint density at radius 2 is 1.93 bits per heavy atom. The number of carbonyl (C=O) groups excluding carboxylic acids is 1. The fourth-order valence-corrected chi connectivity index (χ4v) is 5.71. The lowest BCUT2D eigenvalue weighted by Crippen LogP contribution is -2.38. The van der Waals surface area contributed by atoms with E-state index in [1.54, 1.807) is 28.0 Å². The van der Waals surface area contributed by atoms with Crippen molar-refractivity contribution in [3.63, 3.8) is 0 Å². The zero-order valence-electron chi connectivity index (χ0n) is 15.7. The summed E-state index contributed by atoms with van der Waals surface area (Å²) in [4.78, 5) is 16.6. The normalized spacial score (nSPS) is 14.6. The third-order valence-corrected chi connectivity index (χ3v) is 7.27. The minimum absolute atomic E-state index is 0.273. The monoisotopic (exact) mass is 443 g/mol. The molecule has 2 aromatic rings. The SMILES string of the molecule is CC(C)(C)OC(=O)N1CCc2c(Cl)cc(Cl)c(SCc3cccs3)c2CC1. The molecule has 0 saturated carbocycles. The summed E-state index contributed by atoms with van der Waals surface area (Å²) in [6.45, 7) is 6.84. The highest BCUT2D eigenvalue weighted by Crippen LogP contribution is 2.40. The van der Waals surface area contributed by atoms with Gasteiger partial charge in [-0.05, 0) is 62.3 Å². The molecule has 1 aromatic carbocycles. The van der Waals surface area contributed by atoms with Gasteiger partial charge in [-0.15, -0.1) is 23.1 Å². The van der Waals surface area contributed by atoms with Gasteiger partial charge in [0.05, 0.1) is 5.02 Å². The molecular formula is C20H23Cl2NO2S2. The van der Waals surface area contributed by atoms with Crippen LogP contribution in [0.4, 0.5) is 4.79 Å². The summed E-state index contributed by atoms with van der Waals surface area (Å²) in [5, 5.41) is 3.45. The summed E-state index contributed by atoms with van der Waals surface area (Å²) in [6.07, 6.45) is 1.16. The van der Waals surface area contributed by atoms with Crippen molar-refractivity contribution >= 4 is 52.4 Å². The molecule has 2 heterocycles. The van der Waals surface area contributed by atoms with E-state index in [1.165, 1.54) is 10.4 Å². The van der Waals surface area contributed by atoms with Crippen LogP contribution in [0.3, 0.4) is 0 Å². The van der Waals surface area contributed by atoms with E-state index in [9.17, 15) is 4.79 Å². The molecule has 0 atom stereocenters. The van der Waals surface area contributed by atoms with Gasteiger partial charge in [0.2, 0.25) is 0 Å². The predicted octanol–water partition coefficient (Wildman–Crippen LogP) is 6.68. The Bertz CT molecular complexity index is 816. The van der Waals surface area contributed by atoms with Crippen molar-refractivity contribution in [1.29, 1.82) is 0 Å². The van der Waals surface area contributed by atoms with E-state index < -0.39 is 5.60 Å². The van der Waals surface area contributed by atoms with Gasteiger partial charge in [-0.25, -0.2) is 4.79 Å². The summed E-state index contributed by atoms with van der Waals surface area (Å²) in [5.74, 6) is 0.876. The Kier molecular flexibility index (Phi) is 6.67. The van der Waals surface area contributed by atoms with Crippen molar-refractivity contribution in [1.82, 2.24) is 4.90 Å². The molecule has 1 aromatic heterocycles. The van der Waals surface area contributed by atoms with Gasteiger partial charge in [-0.1, -0.05) is 29.3 Å². The second kappa shape index (κ2) is 8.64. The average Bonchev–Trinajstić information content (AvgIpc) is 2.97. The lowest BCUT2D eigenvalue weighted by Gasteiger charge is -2.26. The van der Waals surface area contributed by atoms with Crippen LogP contribution in [0.5, 0.6) is 0 Å². The highest BCUT2D eigenvalue weighted by atomic mass is 35.5. The molecule has 146 valence electrons. The Labute approximate surface area is 179 Å². The summed E-state index contributed by atoms with van der Waals surface area (Å²) in [6, 6.07) is 6.02. The number of thioether (sulfide) groups is 1. The maximum absolute atomic E-state index is 12.5. The number of thiophene rings is 1. The van der Waals surface area contributed by atoms with Gasteiger partial charge in [0.15, 0.2) is 0 Å². The number of rotatable bonds is 3. The van der Waals surface area contributed by atoms with Crippen LogP contribution < -0.4 is 0 Å². The van der Waals surface area contributed by atoms with E-state index in [0.29, 0.717) is 29.6 Å². The van der Waals surface area contributed by atoms with Gasteiger partial charge in [0.1, 0.15) is 5.60 Å². The first-order valence-electron chi connectivity index (χ1n) is 8.87. The number of halogens is 2. The molecule has 0 unspecified atom stereocenters. The standard InChI is InChI=1S/C20H23Cl2NO2S2/c1-20(2,3)25-19(24)23-8-6-14-15(7-9-23)18(17(22)11-16(14)21)27-12-13-5-4-10-26-13/h4-5,10-11H,6-9,12H2,1-3H3. The van der Waals surface area contributed by atoms with Gasteiger partial charge in [-0.3, -0.25) is 0 Å². The number of hydrogen-bond acceptors (Lipinski definition) is 4. The highest BCUT2D eigenvalue weighted by molar-refractivity contribution is 7.98. The van der Waals surface area contributed by atoms with Crippen molar-refractivity contribution < 1.29 is 9.53 Å². The maximum Gasteiger partial charge on any atom is 0.410 e. The summed E-state index contributed by atoms with van der Waals surface area (Å²) >= 11 is 16.5. The van der Waals surface area contributed by atoms with E-state index in [-0.39, 0.29) is 6.09 Å². The van der Waals surface area contributed by atoms with Crippen molar-refractivity contribution in [2.75, 3.05) is 13.1 Å². The maximum atomic E-state index is 12.5. The fourth-order valence-electron chi connectivity index (χ4n) is 3.03. The first-order valence-corrected chi connectivity index (χ1v) is 11.5. The lowest BCUT2D eigenvalue weighted by molar-refractivity contribution is 0.0258. The van der Waals surface area contributed by atoms with Gasteiger partial charge >= 0.3 is 6.09 Å². The molecule has 3 nitrogen and oxygen atoms in total. The summed E-state index contributed by atoms with van der Waals surface area (Å²) < 4.78 is 5.54. The predicted molar refractivity (Wildman–Crippen MR) is 116 cm³/mol. The third-order valence-electron chi connectivity index (χ3n) is 4.25. The second-order valence-corrected chi connectivity index (χ2v) is 10.3. The molecule has 1 aliphatic heterocycles. The molecule has 1 aliphatic rings. The molecule has 0 N–H and O–H groups in total.